The third-order valence-corrected chi connectivity index (χ3v) is 5.84. The standard InChI is InChI=1S/C24H20ClN5O2S/c1-16-2-10-20(11-3-16)30-23(18-6-8-19(25)9-7-18)28-29-24(30)33-15-22(32)27-26-14-17-4-12-21(31)13-5-17/h2-14,31H,15H2,1H3,(H,27,32)/b26-14-. The molecule has 0 atom stereocenters. The molecular weight excluding hydrogens is 458 g/mol. The molecule has 1 heterocycles. The Morgan fingerprint density at radius 3 is 2.45 bits per heavy atom. The molecule has 33 heavy (non-hydrogen) atoms. The third-order valence-electron chi connectivity index (χ3n) is 4.66. The molecule has 9 heteroatoms. The van der Waals surface area contributed by atoms with E-state index in [1.807, 2.05) is 47.9 Å². The molecule has 0 aliphatic rings. The maximum Gasteiger partial charge on any atom is 0.250 e. The highest BCUT2D eigenvalue weighted by Crippen LogP contribution is 2.28. The molecule has 7 nitrogen and oxygen atoms in total. The fourth-order valence-electron chi connectivity index (χ4n) is 2.98. The van der Waals surface area contributed by atoms with Gasteiger partial charge in [-0.05, 0) is 73.2 Å². The van der Waals surface area contributed by atoms with Gasteiger partial charge in [-0.1, -0.05) is 41.1 Å². The number of amides is 1. The van der Waals surface area contributed by atoms with Gasteiger partial charge in [-0.3, -0.25) is 9.36 Å². The van der Waals surface area contributed by atoms with E-state index in [9.17, 15) is 9.90 Å². The zero-order valence-corrected chi connectivity index (χ0v) is 19.2. The van der Waals surface area contributed by atoms with Crippen molar-refractivity contribution in [3.05, 3.63) is 88.9 Å². The fraction of sp³-hybridized carbons (Fsp3) is 0.0833. The molecule has 0 aliphatic heterocycles. The van der Waals surface area contributed by atoms with Crippen LogP contribution in [0.5, 0.6) is 5.75 Å². The van der Waals surface area contributed by atoms with Crippen molar-refractivity contribution >= 4 is 35.5 Å². The van der Waals surface area contributed by atoms with Gasteiger partial charge < -0.3 is 5.11 Å². The van der Waals surface area contributed by atoms with Crippen molar-refractivity contribution in [2.24, 2.45) is 5.10 Å². The van der Waals surface area contributed by atoms with Crippen LogP contribution >= 0.6 is 23.4 Å². The molecule has 0 unspecified atom stereocenters. The molecule has 0 fully saturated rings. The van der Waals surface area contributed by atoms with Crippen LogP contribution in [-0.2, 0) is 4.79 Å². The fourth-order valence-corrected chi connectivity index (χ4v) is 3.85. The highest BCUT2D eigenvalue weighted by atomic mass is 35.5. The van der Waals surface area contributed by atoms with Gasteiger partial charge in [0.25, 0.3) is 5.91 Å². The van der Waals surface area contributed by atoms with E-state index in [0.29, 0.717) is 16.0 Å². The maximum atomic E-state index is 12.3. The number of carbonyl (C=O) groups is 1. The van der Waals surface area contributed by atoms with E-state index in [2.05, 4.69) is 20.7 Å². The van der Waals surface area contributed by atoms with E-state index in [4.69, 9.17) is 11.6 Å². The van der Waals surface area contributed by atoms with Gasteiger partial charge in [0, 0.05) is 16.3 Å². The SMILES string of the molecule is Cc1ccc(-n2c(SCC(=O)N/N=C\c3ccc(O)cc3)nnc2-c2ccc(Cl)cc2)cc1. The average Bonchev–Trinajstić information content (AvgIpc) is 3.24. The molecule has 166 valence electrons. The summed E-state index contributed by atoms with van der Waals surface area (Å²) in [6.45, 7) is 2.02. The number of hydrogen-bond donors (Lipinski definition) is 2. The molecular formula is C24H20ClN5O2S. The number of phenols is 1. The predicted molar refractivity (Wildman–Crippen MR) is 131 cm³/mol. The van der Waals surface area contributed by atoms with Gasteiger partial charge in [-0.25, -0.2) is 5.43 Å². The summed E-state index contributed by atoms with van der Waals surface area (Å²) in [5.41, 5.74) is 6.15. The number of phenolic OH excluding ortho intramolecular Hbond substituents is 1. The summed E-state index contributed by atoms with van der Waals surface area (Å²) in [6.07, 6.45) is 1.51. The molecule has 0 bridgehead atoms. The van der Waals surface area contributed by atoms with Crippen molar-refractivity contribution in [1.29, 1.82) is 0 Å². The minimum atomic E-state index is -0.276. The second-order valence-corrected chi connectivity index (χ2v) is 8.54. The summed E-state index contributed by atoms with van der Waals surface area (Å²) < 4.78 is 1.92. The number of thioether (sulfide) groups is 1. The van der Waals surface area contributed by atoms with Crippen molar-refractivity contribution in [2.75, 3.05) is 5.75 Å². The van der Waals surface area contributed by atoms with Crippen LogP contribution in [0, 0.1) is 6.92 Å². The lowest BCUT2D eigenvalue weighted by Gasteiger charge is -2.10. The lowest BCUT2D eigenvalue weighted by molar-refractivity contribution is -0.118. The second-order valence-electron chi connectivity index (χ2n) is 7.16. The zero-order chi connectivity index (χ0) is 23.2. The minimum absolute atomic E-state index is 0.109. The molecule has 0 radical (unpaired) electrons. The van der Waals surface area contributed by atoms with Gasteiger partial charge in [-0.15, -0.1) is 10.2 Å². The molecule has 0 saturated carbocycles. The first-order valence-corrected chi connectivity index (χ1v) is 11.4. The highest BCUT2D eigenvalue weighted by Gasteiger charge is 2.17. The van der Waals surface area contributed by atoms with E-state index in [1.54, 1.807) is 36.4 Å². The van der Waals surface area contributed by atoms with E-state index in [1.165, 1.54) is 18.0 Å². The maximum absolute atomic E-state index is 12.3. The Balaban J connectivity index is 1.51. The van der Waals surface area contributed by atoms with E-state index >= 15 is 0 Å². The molecule has 0 spiro atoms. The van der Waals surface area contributed by atoms with Crippen molar-refractivity contribution < 1.29 is 9.90 Å². The summed E-state index contributed by atoms with van der Waals surface area (Å²) in [6, 6.07) is 21.9. The van der Waals surface area contributed by atoms with Gasteiger partial charge in [0.15, 0.2) is 11.0 Å². The number of aromatic hydroxyl groups is 1. The van der Waals surface area contributed by atoms with Crippen LogP contribution in [0.15, 0.2) is 83.1 Å². The van der Waals surface area contributed by atoms with Crippen molar-refractivity contribution in [3.8, 4) is 22.8 Å². The Bertz CT molecular complexity index is 1270. The van der Waals surface area contributed by atoms with E-state index in [-0.39, 0.29) is 17.4 Å². The van der Waals surface area contributed by atoms with Crippen LogP contribution in [0.1, 0.15) is 11.1 Å². The van der Waals surface area contributed by atoms with Gasteiger partial charge in [0.1, 0.15) is 5.75 Å². The molecule has 0 aliphatic carbocycles. The first kappa shape index (κ1) is 22.6. The molecule has 2 N–H and O–H groups in total. The lowest BCUT2D eigenvalue weighted by Crippen LogP contribution is -2.20. The quantitative estimate of drug-likeness (QED) is 0.225. The summed E-state index contributed by atoms with van der Waals surface area (Å²) >= 11 is 7.30. The van der Waals surface area contributed by atoms with Crippen molar-refractivity contribution in [2.45, 2.75) is 12.1 Å². The lowest BCUT2D eigenvalue weighted by atomic mass is 10.2. The minimum Gasteiger partial charge on any atom is -0.508 e. The van der Waals surface area contributed by atoms with Crippen LogP contribution in [0.2, 0.25) is 5.02 Å². The Kier molecular flexibility index (Phi) is 7.07. The number of benzene rings is 3. The van der Waals surface area contributed by atoms with Crippen LogP contribution in [0.3, 0.4) is 0 Å². The second kappa shape index (κ2) is 10.3. The number of halogens is 1. The normalized spacial score (nSPS) is 11.1. The highest BCUT2D eigenvalue weighted by molar-refractivity contribution is 7.99. The Labute approximate surface area is 200 Å². The van der Waals surface area contributed by atoms with Crippen LogP contribution in [-0.4, -0.2) is 37.7 Å². The van der Waals surface area contributed by atoms with Gasteiger partial charge in [0.2, 0.25) is 0 Å². The van der Waals surface area contributed by atoms with Gasteiger partial charge in [-0.2, -0.15) is 5.10 Å². The predicted octanol–water partition coefficient (Wildman–Crippen LogP) is 4.84. The average molecular weight is 478 g/mol. The molecule has 0 saturated heterocycles. The molecule has 4 rings (SSSR count). The topological polar surface area (TPSA) is 92.4 Å². The third kappa shape index (κ3) is 5.79. The van der Waals surface area contributed by atoms with E-state index in [0.717, 1.165) is 22.4 Å². The number of hydrazone groups is 1. The Morgan fingerprint density at radius 1 is 1.06 bits per heavy atom. The Morgan fingerprint density at radius 2 is 1.76 bits per heavy atom. The smallest absolute Gasteiger partial charge is 0.250 e. The summed E-state index contributed by atoms with van der Waals surface area (Å²) in [5, 5.41) is 23.2. The number of rotatable bonds is 7. The van der Waals surface area contributed by atoms with Crippen molar-refractivity contribution in [3.63, 3.8) is 0 Å². The summed E-state index contributed by atoms with van der Waals surface area (Å²) in [7, 11) is 0. The van der Waals surface area contributed by atoms with E-state index < -0.39 is 0 Å². The summed E-state index contributed by atoms with van der Waals surface area (Å²) in [4.78, 5) is 12.3. The number of nitrogens with zero attached hydrogens (tertiary/aromatic N) is 4. The number of aryl methyl sites for hydroxylation is 1. The monoisotopic (exact) mass is 477 g/mol. The van der Waals surface area contributed by atoms with Crippen LogP contribution < -0.4 is 5.43 Å². The largest absolute Gasteiger partial charge is 0.508 e. The Hall–Kier alpha value is -3.62. The molecule has 3 aromatic carbocycles. The van der Waals surface area contributed by atoms with Crippen molar-refractivity contribution in [1.82, 2.24) is 20.2 Å². The number of nitrogens with one attached hydrogen (secondary N) is 1. The van der Waals surface area contributed by atoms with Crippen LogP contribution in [0.25, 0.3) is 17.1 Å². The molecule has 1 amide bonds. The molecule has 4 aromatic rings. The zero-order valence-electron chi connectivity index (χ0n) is 17.6. The number of hydrogen-bond acceptors (Lipinski definition) is 6. The van der Waals surface area contributed by atoms with Gasteiger partial charge in [0.05, 0.1) is 12.0 Å². The van der Waals surface area contributed by atoms with Gasteiger partial charge >= 0.3 is 0 Å². The first-order valence-electron chi connectivity index (χ1n) is 10.0. The number of aromatic nitrogens is 3. The first-order chi connectivity index (χ1) is 16.0. The molecule has 1 aromatic heterocycles. The van der Waals surface area contributed by atoms with Crippen LogP contribution in [0.4, 0.5) is 0 Å². The summed E-state index contributed by atoms with van der Waals surface area (Å²) in [5.74, 6) is 0.658. The number of carbonyl (C=O) groups excluding carboxylic acids is 1.